The molecule has 1 aliphatic rings. The molecule has 0 saturated carbocycles. The Bertz CT molecular complexity index is 996. The Hall–Kier alpha value is -3.41. The second-order valence-corrected chi connectivity index (χ2v) is 7.41. The molecule has 3 aromatic rings. The number of hydrogen-bond donors (Lipinski definition) is 1. The lowest BCUT2D eigenvalue weighted by atomic mass is 10.1. The molecule has 2 aromatic carbocycles. The van der Waals surface area contributed by atoms with E-state index in [1.807, 2.05) is 48.5 Å². The molecule has 0 bridgehead atoms. The Balaban J connectivity index is 1.49. The summed E-state index contributed by atoms with van der Waals surface area (Å²) in [5, 5.41) is 11.8. The summed E-state index contributed by atoms with van der Waals surface area (Å²) >= 11 is 0. The summed E-state index contributed by atoms with van der Waals surface area (Å²) in [6, 6.07) is 18.8. The summed E-state index contributed by atoms with van der Waals surface area (Å²) in [5.74, 6) is 1.26. The van der Waals surface area contributed by atoms with Crippen LogP contribution in [0.5, 0.6) is 5.75 Å². The van der Waals surface area contributed by atoms with Crippen molar-refractivity contribution in [2.24, 2.45) is 0 Å². The normalized spacial score (nSPS) is 14.1. The second-order valence-electron chi connectivity index (χ2n) is 7.41. The van der Waals surface area contributed by atoms with Crippen molar-refractivity contribution in [1.29, 1.82) is 0 Å². The van der Waals surface area contributed by atoms with E-state index in [1.165, 1.54) is 25.7 Å². The topological polar surface area (TPSA) is 67.3 Å². The zero-order valence-electron chi connectivity index (χ0n) is 17.2. The third-order valence-corrected chi connectivity index (χ3v) is 5.35. The maximum atomic E-state index is 12.7. The Morgan fingerprint density at radius 1 is 0.933 bits per heavy atom. The number of carbonyl (C=O) groups excluding carboxylic acids is 1. The van der Waals surface area contributed by atoms with Crippen LogP contribution in [0, 0.1) is 0 Å². The van der Waals surface area contributed by atoms with Crippen LogP contribution in [0.4, 0.5) is 11.5 Å². The van der Waals surface area contributed by atoms with Gasteiger partial charge in [0, 0.05) is 24.3 Å². The van der Waals surface area contributed by atoms with Crippen LogP contribution >= 0.6 is 0 Å². The monoisotopic (exact) mass is 402 g/mol. The van der Waals surface area contributed by atoms with Crippen molar-refractivity contribution in [3.05, 3.63) is 66.2 Å². The summed E-state index contributed by atoms with van der Waals surface area (Å²) in [7, 11) is 1.56. The summed E-state index contributed by atoms with van der Waals surface area (Å²) < 4.78 is 5.28. The predicted octanol–water partition coefficient (Wildman–Crippen LogP) is 4.78. The van der Waals surface area contributed by atoms with E-state index in [0.717, 1.165) is 30.2 Å². The number of anilines is 2. The van der Waals surface area contributed by atoms with Crippen LogP contribution in [0.15, 0.2) is 60.7 Å². The maximum Gasteiger partial charge on any atom is 0.259 e. The highest BCUT2D eigenvalue weighted by Crippen LogP contribution is 2.24. The largest absolute Gasteiger partial charge is 0.496 e. The van der Waals surface area contributed by atoms with Crippen LogP contribution in [0.2, 0.25) is 0 Å². The SMILES string of the molecule is COc1ccccc1C(=O)Nc1cccc(-c2ccc(N3CCCCCC3)nn2)c1. The van der Waals surface area contributed by atoms with Gasteiger partial charge in [-0.25, -0.2) is 0 Å². The highest BCUT2D eigenvalue weighted by molar-refractivity contribution is 6.06. The van der Waals surface area contributed by atoms with Gasteiger partial charge in [-0.05, 0) is 49.2 Å². The van der Waals surface area contributed by atoms with Crippen molar-refractivity contribution in [1.82, 2.24) is 10.2 Å². The van der Waals surface area contributed by atoms with Crippen LogP contribution in [0.1, 0.15) is 36.0 Å². The summed E-state index contributed by atoms with van der Waals surface area (Å²) in [6.45, 7) is 2.08. The molecular weight excluding hydrogens is 376 g/mol. The molecule has 1 N–H and O–H groups in total. The molecule has 0 radical (unpaired) electrons. The van der Waals surface area contributed by atoms with Gasteiger partial charge >= 0.3 is 0 Å². The van der Waals surface area contributed by atoms with Gasteiger partial charge in [0.1, 0.15) is 5.75 Å². The van der Waals surface area contributed by atoms with Crippen molar-refractivity contribution in [3.8, 4) is 17.0 Å². The zero-order chi connectivity index (χ0) is 20.8. The lowest BCUT2D eigenvalue weighted by Gasteiger charge is -2.20. The third-order valence-electron chi connectivity index (χ3n) is 5.35. The second kappa shape index (κ2) is 9.39. The first-order valence-electron chi connectivity index (χ1n) is 10.4. The van der Waals surface area contributed by atoms with Crippen molar-refractivity contribution >= 4 is 17.4 Å². The van der Waals surface area contributed by atoms with Crippen molar-refractivity contribution < 1.29 is 9.53 Å². The Morgan fingerprint density at radius 2 is 1.73 bits per heavy atom. The summed E-state index contributed by atoms with van der Waals surface area (Å²) in [6.07, 6.45) is 4.99. The number of hydrogen-bond acceptors (Lipinski definition) is 5. The Morgan fingerprint density at radius 3 is 2.47 bits per heavy atom. The fraction of sp³-hybridized carbons (Fsp3) is 0.292. The van der Waals surface area contributed by atoms with Gasteiger partial charge in [0.05, 0.1) is 18.4 Å². The van der Waals surface area contributed by atoms with E-state index in [1.54, 1.807) is 19.2 Å². The van der Waals surface area contributed by atoms with Gasteiger partial charge in [-0.1, -0.05) is 37.1 Å². The van der Waals surface area contributed by atoms with E-state index >= 15 is 0 Å². The number of rotatable bonds is 5. The Labute approximate surface area is 176 Å². The molecule has 2 heterocycles. The first-order valence-corrected chi connectivity index (χ1v) is 10.4. The van der Waals surface area contributed by atoms with Crippen molar-refractivity contribution in [3.63, 3.8) is 0 Å². The van der Waals surface area contributed by atoms with E-state index in [0.29, 0.717) is 17.0 Å². The average Bonchev–Trinajstić information content (AvgIpc) is 3.09. The van der Waals surface area contributed by atoms with Gasteiger partial charge in [0.15, 0.2) is 5.82 Å². The Kier molecular flexibility index (Phi) is 6.23. The van der Waals surface area contributed by atoms with Crippen LogP contribution in [0.25, 0.3) is 11.3 Å². The quantitative estimate of drug-likeness (QED) is 0.665. The van der Waals surface area contributed by atoms with Gasteiger partial charge in [-0.2, -0.15) is 0 Å². The number of carbonyl (C=O) groups is 1. The van der Waals surface area contributed by atoms with Gasteiger partial charge < -0.3 is 15.0 Å². The van der Waals surface area contributed by atoms with Crippen LogP contribution in [-0.4, -0.2) is 36.3 Å². The molecule has 0 aliphatic carbocycles. The van der Waals surface area contributed by atoms with Crippen LogP contribution in [-0.2, 0) is 0 Å². The zero-order valence-corrected chi connectivity index (χ0v) is 17.2. The van der Waals surface area contributed by atoms with Gasteiger partial charge in [-0.3, -0.25) is 4.79 Å². The number of methoxy groups -OCH3 is 1. The molecule has 0 spiro atoms. The minimum atomic E-state index is -0.216. The molecule has 0 unspecified atom stereocenters. The highest BCUT2D eigenvalue weighted by Gasteiger charge is 2.14. The molecule has 1 saturated heterocycles. The molecule has 0 atom stereocenters. The van der Waals surface area contributed by atoms with E-state index in [9.17, 15) is 4.79 Å². The first kappa shape index (κ1) is 19.9. The van der Waals surface area contributed by atoms with Gasteiger partial charge in [0.25, 0.3) is 5.91 Å². The van der Waals surface area contributed by atoms with Crippen LogP contribution < -0.4 is 15.0 Å². The highest BCUT2D eigenvalue weighted by atomic mass is 16.5. The number of nitrogens with zero attached hydrogens (tertiary/aromatic N) is 3. The predicted molar refractivity (Wildman–Crippen MR) is 119 cm³/mol. The smallest absolute Gasteiger partial charge is 0.259 e. The number of ether oxygens (including phenoxy) is 1. The number of amides is 1. The van der Waals surface area contributed by atoms with Crippen molar-refractivity contribution in [2.45, 2.75) is 25.7 Å². The number of para-hydroxylation sites is 1. The van der Waals surface area contributed by atoms with E-state index < -0.39 is 0 Å². The average molecular weight is 402 g/mol. The number of benzene rings is 2. The van der Waals surface area contributed by atoms with E-state index in [-0.39, 0.29) is 5.91 Å². The summed E-state index contributed by atoms with van der Waals surface area (Å²) in [5.41, 5.74) is 2.87. The maximum absolute atomic E-state index is 12.7. The van der Waals surface area contributed by atoms with Gasteiger partial charge in [0.2, 0.25) is 0 Å². The molecule has 6 heteroatoms. The minimum Gasteiger partial charge on any atom is -0.496 e. The standard InChI is InChI=1S/C24H26N4O2/c1-30-22-12-5-4-11-20(22)24(29)25-19-10-8-9-18(17-19)21-13-14-23(27-26-21)28-15-6-2-3-7-16-28/h4-5,8-14,17H,2-3,6-7,15-16H2,1H3,(H,25,29). The fourth-order valence-electron chi connectivity index (χ4n) is 3.73. The molecule has 1 aromatic heterocycles. The lowest BCUT2D eigenvalue weighted by Crippen LogP contribution is -2.25. The molecule has 1 amide bonds. The van der Waals surface area contributed by atoms with Gasteiger partial charge in [-0.15, -0.1) is 10.2 Å². The molecular formula is C24H26N4O2. The molecule has 30 heavy (non-hydrogen) atoms. The number of aromatic nitrogens is 2. The summed E-state index contributed by atoms with van der Waals surface area (Å²) in [4.78, 5) is 15.0. The van der Waals surface area contributed by atoms with Crippen LogP contribution in [0.3, 0.4) is 0 Å². The fourth-order valence-corrected chi connectivity index (χ4v) is 3.73. The lowest BCUT2D eigenvalue weighted by molar-refractivity contribution is 0.102. The van der Waals surface area contributed by atoms with Crippen molar-refractivity contribution in [2.75, 3.05) is 30.4 Å². The van der Waals surface area contributed by atoms with E-state index in [2.05, 4.69) is 20.4 Å². The molecule has 1 aliphatic heterocycles. The molecule has 4 rings (SSSR count). The number of nitrogens with one attached hydrogen (secondary N) is 1. The molecule has 154 valence electrons. The van der Waals surface area contributed by atoms with E-state index in [4.69, 9.17) is 4.74 Å². The molecule has 6 nitrogen and oxygen atoms in total. The first-order chi connectivity index (χ1) is 14.7. The third kappa shape index (κ3) is 4.59. The molecule has 1 fully saturated rings. The minimum absolute atomic E-state index is 0.216.